The zero-order chi connectivity index (χ0) is 12.2. The van der Waals surface area contributed by atoms with Gasteiger partial charge in [-0.15, -0.1) is 0 Å². The van der Waals surface area contributed by atoms with E-state index in [0.717, 1.165) is 17.7 Å². The van der Waals surface area contributed by atoms with Crippen molar-refractivity contribution in [1.82, 2.24) is 0 Å². The fraction of sp³-hybridized carbons (Fsp3) is 0.455. The number of methoxy groups -OCH3 is 2. The molecule has 0 unspecified atom stereocenters. The first kappa shape index (κ1) is 13.0. The first-order valence-electron chi connectivity index (χ1n) is 4.69. The third kappa shape index (κ3) is 3.50. The fourth-order valence-corrected chi connectivity index (χ4v) is 1.29. The highest BCUT2D eigenvalue weighted by Gasteiger charge is 2.29. The molecule has 0 heterocycles. The van der Waals surface area contributed by atoms with E-state index < -0.39 is 18.0 Å². The van der Waals surface area contributed by atoms with Gasteiger partial charge in [0, 0.05) is 20.6 Å². The van der Waals surface area contributed by atoms with Crippen LogP contribution < -0.4 is 0 Å². The lowest BCUT2D eigenvalue weighted by Crippen LogP contribution is -2.16. The lowest BCUT2D eigenvalue weighted by atomic mass is 10.1. The number of alkyl halides is 3. The van der Waals surface area contributed by atoms with Gasteiger partial charge < -0.3 is 9.47 Å². The monoisotopic (exact) mass is 234 g/mol. The molecule has 0 aliphatic carbocycles. The number of hydrogen-bond donors (Lipinski definition) is 0. The lowest BCUT2D eigenvalue weighted by Gasteiger charge is -2.13. The van der Waals surface area contributed by atoms with E-state index in [0.29, 0.717) is 6.42 Å². The molecule has 0 saturated carbocycles. The molecule has 1 aromatic rings. The second-order valence-electron chi connectivity index (χ2n) is 3.30. The van der Waals surface area contributed by atoms with E-state index in [4.69, 9.17) is 9.47 Å². The zero-order valence-electron chi connectivity index (χ0n) is 9.04. The summed E-state index contributed by atoms with van der Waals surface area (Å²) in [6.07, 6.45) is -4.30. The molecule has 0 bridgehead atoms. The van der Waals surface area contributed by atoms with Crippen LogP contribution in [0.4, 0.5) is 13.2 Å². The summed E-state index contributed by atoms with van der Waals surface area (Å²) < 4.78 is 46.7. The maximum atomic E-state index is 12.3. The largest absolute Gasteiger partial charge is 0.416 e. The lowest BCUT2D eigenvalue weighted by molar-refractivity contribution is -0.137. The molecule has 0 saturated heterocycles. The molecule has 0 amide bonds. The molecule has 0 N–H and O–H groups in total. The van der Waals surface area contributed by atoms with Crippen molar-refractivity contribution >= 4 is 0 Å². The summed E-state index contributed by atoms with van der Waals surface area (Å²) in [4.78, 5) is 0. The minimum atomic E-state index is -4.29. The smallest absolute Gasteiger partial charge is 0.356 e. The van der Waals surface area contributed by atoms with E-state index in [9.17, 15) is 13.2 Å². The second-order valence-corrected chi connectivity index (χ2v) is 3.30. The highest BCUT2D eigenvalue weighted by molar-refractivity contribution is 5.24. The molecule has 0 aromatic heterocycles. The molecule has 0 radical (unpaired) electrons. The Morgan fingerprint density at radius 2 is 1.56 bits per heavy atom. The summed E-state index contributed by atoms with van der Waals surface area (Å²) in [6, 6.07) is 4.96. The van der Waals surface area contributed by atoms with Gasteiger partial charge in [-0.25, -0.2) is 0 Å². The van der Waals surface area contributed by atoms with Crippen molar-refractivity contribution in [3.05, 3.63) is 35.4 Å². The summed E-state index contributed by atoms with van der Waals surface area (Å²) in [7, 11) is 2.97. The van der Waals surface area contributed by atoms with Gasteiger partial charge in [0.15, 0.2) is 6.29 Å². The van der Waals surface area contributed by atoms with E-state index in [1.165, 1.54) is 26.4 Å². The van der Waals surface area contributed by atoms with Gasteiger partial charge in [-0.2, -0.15) is 13.2 Å². The van der Waals surface area contributed by atoms with Crippen LogP contribution in [-0.2, 0) is 22.1 Å². The number of hydrogen-bond acceptors (Lipinski definition) is 2. The number of rotatable bonds is 4. The summed E-state index contributed by atoms with van der Waals surface area (Å²) >= 11 is 0. The van der Waals surface area contributed by atoms with Crippen LogP contribution in [0.2, 0.25) is 0 Å². The van der Waals surface area contributed by atoms with Crippen LogP contribution in [0.25, 0.3) is 0 Å². The fourth-order valence-electron chi connectivity index (χ4n) is 1.29. The maximum absolute atomic E-state index is 12.3. The van der Waals surface area contributed by atoms with Crippen molar-refractivity contribution < 1.29 is 22.6 Å². The number of benzene rings is 1. The Morgan fingerprint density at radius 1 is 1.06 bits per heavy atom. The van der Waals surface area contributed by atoms with Gasteiger partial charge in [0.2, 0.25) is 0 Å². The van der Waals surface area contributed by atoms with Gasteiger partial charge in [-0.1, -0.05) is 12.1 Å². The summed E-state index contributed by atoms with van der Waals surface area (Å²) in [5.41, 5.74) is 0.0873. The molecule has 0 aliphatic rings. The predicted octanol–water partition coefficient (Wildman–Crippen LogP) is 2.87. The van der Waals surface area contributed by atoms with Crippen LogP contribution in [0.15, 0.2) is 24.3 Å². The average molecular weight is 234 g/mol. The maximum Gasteiger partial charge on any atom is 0.416 e. The van der Waals surface area contributed by atoms with Gasteiger partial charge in [0.05, 0.1) is 5.56 Å². The highest BCUT2D eigenvalue weighted by Crippen LogP contribution is 2.29. The Balaban J connectivity index is 2.72. The quantitative estimate of drug-likeness (QED) is 0.746. The molecule has 1 aromatic carbocycles. The van der Waals surface area contributed by atoms with Crippen LogP contribution in [-0.4, -0.2) is 20.5 Å². The molecule has 1 rings (SSSR count). The molecule has 0 spiro atoms. The van der Waals surface area contributed by atoms with Crippen molar-refractivity contribution in [2.24, 2.45) is 0 Å². The van der Waals surface area contributed by atoms with Crippen molar-refractivity contribution in [3.63, 3.8) is 0 Å². The molecule has 0 atom stereocenters. The second kappa shape index (κ2) is 5.32. The Labute approximate surface area is 92.0 Å². The molecule has 16 heavy (non-hydrogen) atoms. The van der Waals surface area contributed by atoms with Crippen molar-refractivity contribution in [3.8, 4) is 0 Å². The Morgan fingerprint density at radius 3 is 1.94 bits per heavy atom. The van der Waals surface area contributed by atoms with Crippen molar-refractivity contribution in [2.45, 2.75) is 18.9 Å². The van der Waals surface area contributed by atoms with Crippen molar-refractivity contribution in [2.75, 3.05) is 14.2 Å². The van der Waals surface area contributed by atoms with Gasteiger partial charge in [-0.05, 0) is 17.7 Å². The third-order valence-electron chi connectivity index (χ3n) is 2.21. The molecule has 5 heteroatoms. The zero-order valence-corrected chi connectivity index (χ0v) is 9.04. The van der Waals surface area contributed by atoms with Crippen LogP contribution in [0.5, 0.6) is 0 Å². The normalized spacial score (nSPS) is 12.1. The van der Waals surface area contributed by atoms with Gasteiger partial charge >= 0.3 is 6.18 Å². The molecular weight excluding hydrogens is 221 g/mol. The minimum absolute atomic E-state index is 0.422. The molecule has 90 valence electrons. The SMILES string of the molecule is COC(Cc1ccc(C(F)(F)F)cc1)OC. The number of ether oxygens (including phenoxy) is 2. The first-order chi connectivity index (χ1) is 7.47. The molecule has 0 fully saturated rings. The Bertz CT molecular complexity index is 315. The third-order valence-corrected chi connectivity index (χ3v) is 2.21. The van der Waals surface area contributed by atoms with Gasteiger partial charge in [0.1, 0.15) is 0 Å². The van der Waals surface area contributed by atoms with Crippen LogP contribution in [0.3, 0.4) is 0 Å². The predicted molar refractivity (Wildman–Crippen MR) is 53.0 cm³/mol. The van der Waals surface area contributed by atoms with E-state index in [-0.39, 0.29) is 0 Å². The topological polar surface area (TPSA) is 18.5 Å². The Hall–Kier alpha value is -1.07. The molecule has 2 nitrogen and oxygen atoms in total. The van der Waals surface area contributed by atoms with Crippen molar-refractivity contribution in [1.29, 1.82) is 0 Å². The first-order valence-corrected chi connectivity index (χ1v) is 4.69. The number of halogens is 3. The summed E-state index contributed by atoms with van der Waals surface area (Å²) in [6.45, 7) is 0. The highest BCUT2D eigenvalue weighted by atomic mass is 19.4. The van der Waals surface area contributed by atoms with Crippen LogP contribution in [0, 0.1) is 0 Å². The van der Waals surface area contributed by atoms with Gasteiger partial charge in [-0.3, -0.25) is 0 Å². The summed E-state index contributed by atoms with van der Waals surface area (Å²) in [5, 5.41) is 0. The van der Waals surface area contributed by atoms with Gasteiger partial charge in [0.25, 0.3) is 0 Å². The van der Waals surface area contributed by atoms with E-state index in [1.807, 2.05) is 0 Å². The van der Waals surface area contributed by atoms with E-state index in [1.54, 1.807) is 0 Å². The molecular formula is C11H13F3O2. The van der Waals surface area contributed by atoms with E-state index in [2.05, 4.69) is 0 Å². The standard InChI is InChI=1S/C11H13F3O2/c1-15-10(16-2)7-8-3-5-9(6-4-8)11(12,13)14/h3-6,10H,7H2,1-2H3. The minimum Gasteiger partial charge on any atom is -0.356 e. The van der Waals surface area contributed by atoms with Crippen LogP contribution >= 0.6 is 0 Å². The summed E-state index contributed by atoms with van der Waals surface area (Å²) in [5.74, 6) is 0. The molecule has 0 aliphatic heterocycles. The van der Waals surface area contributed by atoms with E-state index >= 15 is 0 Å². The Kier molecular flexibility index (Phi) is 4.32. The van der Waals surface area contributed by atoms with Crippen LogP contribution in [0.1, 0.15) is 11.1 Å². The average Bonchev–Trinajstić information content (AvgIpc) is 2.25.